The van der Waals surface area contributed by atoms with Crippen molar-refractivity contribution in [1.29, 1.82) is 0 Å². The van der Waals surface area contributed by atoms with Crippen molar-refractivity contribution in [3.05, 3.63) is 46.2 Å². The minimum atomic E-state index is -0.975. The van der Waals surface area contributed by atoms with Crippen LogP contribution in [0.1, 0.15) is 54.4 Å². The third-order valence-corrected chi connectivity index (χ3v) is 8.81. The van der Waals surface area contributed by atoms with Gasteiger partial charge in [-0.3, -0.25) is 19.8 Å². The topological polar surface area (TPSA) is 121 Å². The first kappa shape index (κ1) is 29.2. The second-order valence-corrected chi connectivity index (χ2v) is 11.7. The van der Waals surface area contributed by atoms with Crippen molar-refractivity contribution < 1.29 is 23.8 Å². The van der Waals surface area contributed by atoms with E-state index < -0.39 is 18.7 Å². The summed E-state index contributed by atoms with van der Waals surface area (Å²) < 4.78 is 17.9. The van der Waals surface area contributed by atoms with Gasteiger partial charge in [-0.1, -0.05) is 29.9 Å². The molecule has 0 radical (unpaired) electrons. The van der Waals surface area contributed by atoms with Crippen LogP contribution in [0.4, 0.5) is 15.3 Å². The minimum Gasteiger partial charge on any atom is -0.481 e. The van der Waals surface area contributed by atoms with E-state index in [0.29, 0.717) is 71.5 Å². The Kier molecular flexibility index (Phi) is 9.31. The highest BCUT2D eigenvalue weighted by molar-refractivity contribution is 7.16. The van der Waals surface area contributed by atoms with Gasteiger partial charge in [0.2, 0.25) is 6.86 Å². The summed E-state index contributed by atoms with van der Waals surface area (Å²) in [5.41, 5.74) is 1.47. The number of amides is 1. The van der Waals surface area contributed by atoms with E-state index in [0.717, 1.165) is 30.7 Å². The molecule has 2 fully saturated rings. The van der Waals surface area contributed by atoms with Crippen LogP contribution < -0.4 is 15.0 Å². The minimum absolute atomic E-state index is 0.138. The zero-order valence-corrected chi connectivity index (χ0v) is 24.3. The number of aromatic nitrogens is 3. The highest BCUT2D eigenvalue weighted by atomic mass is 35.5. The number of benzene rings is 1. The summed E-state index contributed by atoms with van der Waals surface area (Å²) in [4.78, 5) is 43.1. The van der Waals surface area contributed by atoms with Crippen LogP contribution in [0.25, 0.3) is 11.3 Å². The summed E-state index contributed by atoms with van der Waals surface area (Å²) in [5.74, 6) is -0.654. The Balaban J connectivity index is 1.34. The number of hydrogen-bond donors (Lipinski definition) is 2. The van der Waals surface area contributed by atoms with Crippen molar-refractivity contribution >= 4 is 45.8 Å². The molecular formula is C28H32ClFN6O4S. The number of thiazole rings is 1. The van der Waals surface area contributed by atoms with Crippen molar-refractivity contribution in [3.63, 3.8) is 0 Å². The van der Waals surface area contributed by atoms with Crippen molar-refractivity contribution in [2.24, 2.45) is 5.92 Å². The Bertz CT molecular complexity index is 1380. The highest BCUT2D eigenvalue weighted by Gasteiger charge is 2.27. The third kappa shape index (κ3) is 6.94. The lowest BCUT2D eigenvalue weighted by Crippen LogP contribution is -2.36. The number of carboxylic acids is 1. The van der Waals surface area contributed by atoms with Gasteiger partial charge in [-0.2, -0.15) is 0 Å². The summed E-state index contributed by atoms with van der Waals surface area (Å²) >= 11 is 7.70. The van der Waals surface area contributed by atoms with Gasteiger partial charge in [0.1, 0.15) is 17.3 Å². The van der Waals surface area contributed by atoms with E-state index in [-0.39, 0.29) is 11.6 Å². The summed E-state index contributed by atoms with van der Waals surface area (Å²) in [7, 11) is 0. The monoisotopic (exact) mass is 602 g/mol. The number of nitrogens with zero attached hydrogens (tertiary/aromatic N) is 5. The molecule has 3 aromatic rings. The lowest BCUT2D eigenvalue weighted by molar-refractivity contribution is -0.142. The Morgan fingerprint density at radius 2 is 1.98 bits per heavy atom. The smallest absolute Gasteiger partial charge is 0.306 e. The lowest BCUT2D eigenvalue weighted by atomic mass is 9.97. The number of aliphatic carboxylic acids is 1. The van der Waals surface area contributed by atoms with E-state index in [2.05, 4.69) is 27.1 Å². The van der Waals surface area contributed by atoms with Crippen molar-refractivity contribution in [2.45, 2.75) is 51.6 Å². The van der Waals surface area contributed by atoms with Crippen LogP contribution in [0.2, 0.25) is 5.02 Å². The fourth-order valence-electron chi connectivity index (χ4n) is 5.45. The third-order valence-electron chi connectivity index (χ3n) is 7.64. The van der Waals surface area contributed by atoms with E-state index in [1.54, 1.807) is 18.2 Å². The molecule has 0 spiro atoms. The lowest BCUT2D eigenvalue weighted by Gasteiger charge is -2.30. The molecule has 5 rings (SSSR count). The zero-order chi connectivity index (χ0) is 28.9. The molecule has 13 heteroatoms. The van der Waals surface area contributed by atoms with Crippen LogP contribution in [0.15, 0.2) is 30.6 Å². The molecule has 2 aliphatic rings. The predicted octanol–water partition coefficient (Wildman–Crippen LogP) is 5.49. The number of hydrogen-bond acceptors (Lipinski definition) is 9. The average molecular weight is 603 g/mol. The van der Waals surface area contributed by atoms with Gasteiger partial charge in [-0.05, 0) is 56.8 Å². The molecule has 4 heterocycles. The van der Waals surface area contributed by atoms with Crippen LogP contribution in [0.3, 0.4) is 0 Å². The quantitative estimate of drug-likeness (QED) is 0.310. The number of nitrogens with one attached hydrogen (secondary N) is 1. The molecule has 218 valence electrons. The molecule has 2 aliphatic heterocycles. The van der Waals surface area contributed by atoms with Gasteiger partial charge in [-0.25, -0.2) is 19.3 Å². The number of alkyl halides is 1. The van der Waals surface area contributed by atoms with Crippen LogP contribution in [-0.4, -0.2) is 69.4 Å². The van der Waals surface area contributed by atoms with Crippen LogP contribution >= 0.6 is 22.9 Å². The van der Waals surface area contributed by atoms with Gasteiger partial charge in [-0.15, -0.1) is 0 Å². The Hall–Kier alpha value is -3.35. The Morgan fingerprint density at radius 3 is 2.66 bits per heavy atom. The van der Waals surface area contributed by atoms with Gasteiger partial charge >= 0.3 is 5.97 Å². The molecule has 0 unspecified atom stereocenters. The first-order chi connectivity index (χ1) is 19.8. The van der Waals surface area contributed by atoms with E-state index >= 15 is 0 Å². The van der Waals surface area contributed by atoms with Crippen LogP contribution in [-0.2, 0) is 11.3 Å². The van der Waals surface area contributed by atoms with E-state index in [1.807, 2.05) is 4.90 Å². The Morgan fingerprint density at radius 1 is 1.17 bits per heavy atom. The molecular weight excluding hydrogens is 571 g/mol. The predicted molar refractivity (Wildman–Crippen MR) is 155 cm³/mol. The number of carbonyl (C=O) groups excluding carboxylic acids is 1. The maximum absolute atomic E-state index is 13.1. The first-order valence-corrected chi connectivity index (χ1v) is 14.9. The maximum atomic E-state index is 13.1. The molecule has 1 atom stereocenters. The van der Waals surface area contributed by atoms with E-state index in [9.17, 15) is 19.1 Å². The van der Waals surface area contributed by atoms with Crippen molar-refractivity contribution in [1.82, 2.24) is 19.9 Å². The highest BCUT2D eigenvalue weighted by Crippen LogP contribution is 2.37. The fraction of sp³-hybridized carbons (Fsp3) is 0.464. The number of piperidine rings is 1. The van der Waals surface area contributed by atoms with Crippen LogP contribution in [0, 0.1) is 5.92 Å². The fourth-order valence-corrected chi connectivity index (χ4v) is 6.68. The van der Waals surface area contributed by atoms with Crippen molar-refractivity contribution in [2.75, 3.05) is 36.7 Å². The number of ether oxygens (including phenoxy) is 1. The summed E-state index contributed by atoms with van der Waals surface area (Å²) in [6.45, 7) is 4.00. The number of halogens is 2. The molecule has 0 aliphatic carbocycles. The van der Waals surface area contributed by atoms with E-state index in [4.69, 9.17) is 21.3 Å². The summed E-state index contributed by atoms with van der Waals surface area (Å²) in [5, 5.41) is 12.9. The zero-order valence-electron chi connectivity index (χ0n) is 22.7. The number of likely N-dealkylation sites (tertiary alicyclic amines) is 1. The van der Waals surface area contributed by atoms with Gasteiger partial charge in [0.15, 0.2) is 5.13 Å². The molecule has 1 aromatic carbocycles. The molecule has 0 bridgehead atoms. The van der Waals surface area contributed by atoms with Gasteiger partial charge < -0.3 is 14.7 Å². The molecule has 2 N–H and O–H groups in total. The largest absolute Gasteiger partial charge is 0.481 e. The average Bonchev–Trinajstić information content (AvgIpc) is 3.59. The molecule has 41 heavy (non-hydrogen) atoms. The molecule has 2 aromatic heterocycles. The number of anilines is 2. The van der Waals surface area contributed by atoms with Gasteiger partial charge in [0, 0.05) is 41.1 Å². The first-order valence-electron chi connectivity index (χ1n) is 13.7. The number of rotatable bonds is 10. The van der Waals surface area contributed by atoms with Crippen LogP contribution in [0.5, 0.6) is 5.75 Å². The summed E-state index contributed by atoms with van der Waals surface area (Å²) in [6.07, 6.45) is 7.36. The molecule has 10 nitrogen and oxygen atoms in total. The molecule has 0 saturated carbocycles. The van der Waals surface area contributed by atoms with E-state index in [1.165, 1.54) is 23.7 Å². The standard InChI is InChI=1S/C28H32ClFN6O4S/c1-2-20-4-3-7-36(20)15-23-25(18-10-19(29)12-21(11-18)40-16-30)33-28(41-23)34-26(37)22-13-32-24(14-31-22)35-8-5-17(6-9-35)27(38)39/h10-14,17,20H,2-9,15-16H2,1H3,(H,38,39)(H,33,34,37)/t20-/m1/s1. The second kappa shape index (κ2) is 13.1. The summed E-state index contributed by atoms with van der Waals surface area (Å²) in [6, 6.07) is 5.47. The second-order valence-electron chi connectivity index (χ2n) is 10.2. The number of carboxylic acid groups (broad SMARTS) is 1. The maximum Gasteiger partial charge on any atom is 0.306 e. The molecule has 1 amide bonds. The SMILES string of the molecule is CC[C@@H]1CCCN1Cc1sc(NC(=O)c2cnc(N3CCC(C(=O)O)CC3)cn2)nc1-c1cc(Cl)cc(OCF)c1. The van der Waals surface area contributed by atoms with Gasteiger partial charge in [0.25, 0.3) is 5.91 Å². The van der Waals surface area contributed by atoms with Crippen molar-refractivity contribution in [3.8, 4) is 17.0 Å². The normalized spacial score (nSPS) is 18.0. The Labute approximate surface area is 246 Å². The number of carbonyl (C=O) groups is 2. The van der Waals surface area contributed by atoms with Gasteiger partial charge in [0.05, 0.1) is 24.0 Å². The molecule has 2 saturated heterocycles.